The second kappa shape index (κ2) is 4.87. The molecule has 2 aromatic heterocycles. The minimum Gasteiger partial charge on any atom is -0.239 e. The van der Waals surface area contributed by atoms with Crippen molar-refractivity contribution in [3.05, 3.63) is 40.6 Å². The van der Waals surface area contributed by atoms with Crippen molar-refractivity contribution in [2.24, 2.45) is 0 Å². The third-order valence-electron chi connectivity index (χ3n) is 2.93. The first-order chi connectivity index (χ1) is 9.16. The molecule has 3 rings (SSSR count). The van der Waals surface area contributed by atoms with E-state index in [-0.39, 0.29) is 0 Å². The Morgan fingerprint density at radius 2 is 2.05 bits per heavy atom. The number of hydrogen-bond acceptors (Lipinski definition) is 4. The van der Waals surface area contributed by atoms with Crippen LogP contribution in [-0.4, -0.2) is 15.0 Å². The lowest BCUT2D eigenvalue weighted by molar-refractivity contribution is 0.834. The Balaban J connectivity index is 2.24. The van der Waals surface area contributed by atoms with Gasteiger partial charge in [-0.2, -0.15) is 0 Å². The summed E-state index contributed by atoms with van der Waals surface area (Å²) in [5, 5.41) is 4.50. The van der Waals surface area contributed by atoms with Crippen LogP contribution in [0.15, 0.2) is 29.9 Å². The van der Waals surface area contributed by atoms with Crippen molar-refractivity contribution in [1.29, 1.82) is 0 Å². The topological polar surface area (TPSA) is 38.7 Å². The molecule has 0 radical (unpaired) electrons. The number of thiazole rings is 1. The molecule has 1 aromatic carbocycles. The van der Waals surface area contributed by atoms with Crippen LogP contribution in [-0.2, 0) is 0 Å². The molecule has 96 valence electrons. The molecule has 3 nitrogen and oxygen atoms in total. The van der Waals surface area contributed by atoms with Gasteiger partial charge in [0.25, 0.3) is 0 Å². The first kappa shape index (κ1) is 12.5. The van der Waals surface area contributed by atoms with E-state index >= 15 is 0 Å². The Hall–Kier alpha value is -1.52. The predicted molar refractivity (Wildman–Crippen MR) is 79.7 cm³/mol. The first-order valence-electron chi connectivity index (χ1n) is 6.02. The molecular weight excluding hydrogens is 278 g/mol. The average Bonchev–Trinajstić information content (AvgIpc) is 2.88. The van der Waals surface area contributed by atoms with Gasteiger partial charge in [0.15, 0.2) is 0 Å². The molecule has 3 aromatic rings. The highest BCUT2D eigenvalue weighted by Crippen LogP contribution is 2.33. The standard InChI is InChI=1S/C14H12ClN3S/c1-8(2)11-6-19-14(18-11)13-12-9(15)4-3-5-10(12)16-7-17-13/h3-8H,1-2H3. The maximum absolute atomic E-state index is 6.28. The fourth-order valence-electron chi connectivity index (χ4n) is 1.89. The van der Waals surface area contributed by atoms with Gasteiger partial charge in [-0.1, -0.05) is 31.5 Å². The third-order valence-corrected chi connectivity index (χ3v) is 4.11. The molecular formula is C14H12ClN3S. The molecule has 0 unspecified atom stereocenters. The molecule has 0 N–H and O–H groups in total. The first-order valence-corrected chi connectivity index (χ1v) is 7.27. The van der Waals surface area contributed by atoms with Crippen LogP contribution >= 0.6 is 22.9 Å². The Labute approximate surface area is 120 Å². The second-order valence-corrected chi connectivity index (χ2v) is 5.85. The molecule has 0 aliphatic heterocycles. The average molecular weight is 290 g/mol. The fourth-order valence-corrected chi connectivity index (χ4v) is 3.13. The van der Waals surface area contributed by atoms with Crippen molar-refractivity contribution in [3.63, 3.8) is 0 Å². The molecule has 2 heterocycles. The van der Waals surface area contributed by atoms with Crippen molar-refractivity contribution in [2.45, 2.75) is 19.8 Å². The van der Waals surface area contributed by atoms with E-state index in [2.05, 4.69) is 34.2 Å². The number of aromatic nitrogens is 3. The molecule has 0 atom stereocenters. The van der Waals surface area contributed by atoms with E-state index in [1.165, 1.54) is 0 Å². The summed E-state index contributed by atoms with van der Waals surface area (Å²) in [5.41, 5.74) is 2.74. The number of nitrogens with zero attached hydrogens (tertiary/aromatic N) is 3. The zero-order valence-electron chi connectivity index (χ0n) is 10.6. The summed E-state index contributed by atoms with van der Waals surface area (Å²) in [6.07, 6.45) is 1.56. The number of benzene rings is 1. The van der Waals surface area contributed by atoms with Gasteiger partial charge in [0.05, 0.1) is 16.2 Å². The molecule has 0 saturated heterocycles. The number of halogens is 1. The van der Waals surface area contributed by atoms with E-state index in [1.807, 2.05) is 18.2 Å². The van der Waals surface area contributed by atoms with E-state index < -0.39 is 0 Å². The lowest BCUT2D eigenvalue weighted by atomic mass is 10.1. The van der Waals surface area contributed by atoms with Crippen LogP contribution in [0.25, 0.3) is 21.6 Å². The van der Waals surface area contributed by atoms with Gasteiger partial charge in [0.2, 0.25) is 0 Å². The summed E-state index contributed by atoms with van der Waals surface area (Å²) in [4.78, 5) is 13.3. The van der Waals surface area contributed by atoms with Gasteiger partial charge < -0.3 is 0 Å². The number of rotatable bonds is 2. The summed E-state index contributed by atoms with van der Waals surface area (Å²) >= 11 is 7.87. The van der Waals surface area contributed by atoms with E-state index in [1.54, 1.807) is 17.7 Å². The van der Waals surface area contributed by atoms with E-state index in [4.69, 9.17) is 11.6 Å². The SMILES string of the molecule is CC(C)c1csc(-c2ncnc3cccc(Cl)c23)n1. The molecule has 19 heavy (non-hydrogen) atoms. The van der Waals surface area contributed by atoms with Gasteiger partial charge in [0, 0.05) is 10.8 Å². The molecule has 0 aliphatic rings. The monoisotopic (exact) mass is 289 g/mol. The number of hydrogen-bond donors (Lipinski definition) is 0. The minimum atomic E-state index is 0.411. The van der Waals surface area contributed by atoms with Gasteiger partial charge in [-0.05, 0) is 18.1 Å². The summed E-state index contributed by atoms with van der Waals surface area (Å²) in [6, 6.07) is 5.68. The Kier molecular flexibility index (Phi) is 3.21. The van der Waals surface area contributed by atoms with Crippen molar-refractivity contribution in [3.8, 4) is 10.7 Å². The van der Waals surface area contributed by atoms with Crippen LogP contribution in [0.1, 0.15) is 25.5 Å². The van der Waals surface area contributed by atoms with Gasteiger partial charge in [-0.3, -0.25) is 0 Å². The summed E-state index contributed by atoms with van der Waals surface area (Å²) in [6.45, 7) is 4.26. The molecule has 0 saturated carbocycles. The predicted octanol–water partition coefficient (Wildman–Crippen LogP) is 4.53. The van der Waals surface area contributed by atoms with E-state index in [9.17, 15) is 0 Å². The maximum atomic E-state index is 6.28. The van der Waals surface area contributed by atoms with Crippen LogP contribution < -0.4 is 0 Å². The zero-order valence-corrected chi connectivity index (χ0v) is 12.2. The van der Waals surface area contributed by atoms with Crippen LogP contribution in [0.4, 0.5) is 0 Å². The Morgan fingerprint density at radius 3 is 2.79 bits per heavy atom. The Bertz CT molecular complexity index is 731. The van der Waals surface area contributed by atoms with Crippen molar-refractivity contribution in [1.82, 2.24) is 15.0 Å². The molecule has 0 fully saturated rings. The third kappa shape index (κ3) is 2.22. The lowest BCUT2D eigenvalue weighted by Crippen LogP contribution is -1.91. The van der Waals surface area contributed by atoms with E-state index in [0.717, 1.165) is 27.3 Å². The molecule has 5 heteroatoms. The van der Waals surface area contributed by atoms with Gasteiger partial charge in [-0.15, -0.1) is 11.3 Å². The Morgan fingerprint density at radius 1 is 1.21 bits per heavy atom. The van der Waals surface area contributed by atoms with Gasteiger partial charge >= 0.3 is 0 Å². The highest BCUT2D eigenvalue weighted by Gasteiger charge is 2.14. The summed E-state index contributed by atoms with van der Waals surface area (Å²) in [5.74, 6) is 0.411. The van der Waals surface area contributed by atoms with Crippen LogP contribution in [0, 0.1) is 0 Å². The quantitative estimate of drug-likeness (QED) is 0.696. The molecule has 0 amide bonds. The van der Waals surface area contributed by atoms with Gasteiger partial charge in [-0.25, -0.2) is 15.0 Å². The summed E-state index contributed by atoms with van der Waals surface area (Å²) < 4.78 is 0. The van der Waals surface area contributed by atoms with Crippen molar-refractivity contribution >= 4 is 33.8 Å². The van der Waals surface area contributed by atoms with Crippen LogP contribution in [0.2, 0.25) is 5.02 Å². The van der Waals surface area contributed by atoms with Crippen molar-refractivity contribution in [2.75, 3.05) is 0 Å². The largest absolute Gasteiger partial charge is 0.239 e. The van der Waals surface area contributed by atoms with E-state index in [0.29, 0.717) is 10.9 Å². The highest BCUT2D eigenvalue weighted by atomic mass is 35.5. The smallest absolute Gasteiger partial charge is 0.142 e. The number of fused-ring (bicyclic) bond motifs is 1. The van der Waals surface area contributed by atoms with Gasteiger partial charge in [0.1, 0.15) is 17.0 Å². The van der Waals surface area contributed by atoms with Crippen LogP contribution in [0.5, 0.6) is 0 Å². The van der Waals surface area contributed by atoms with Crippen LogP contribution in [0.3, 0.4) is 0 Å². The fraction of sp³-hybridized carbons (Fsp3) is 0.214. The second-order valence-electron chi connectivity index (χ2n) is 4.59. The van der Waals surface area contributed by atoms with Crippen molar-refractivity contribution < 1.29 is 0 Å². The molecule has 0 spiro atoms. The lowest BCUT2D eigenvalue weighted by Gasteiger charge is -2.04. The summed E-state index contributed by atoms with van der Waals surface area (Å²) in [7, 11) is 0. The molecule has 0 bridgehead atoms. The normalized spacial score (nSPS) is 11.4. The maximum Gasteiger partial charge on any atom is 0.142 e. The molecule has 0 aliphatic carbocycles. The highest BCUT2D eigenvalue weighted by molar-refractivity contribution is 7.13. The minimum absolute atomic E-state index is 0.411. The zero-order chi connectivity index (χ0) is 13.4.